The molecule has 0 bridgehead atoms. The molecular weight excluding hydrogens is 382 g/mol. The Morgan fingerprint density at radius 3 is 2.86 bits per heavy atom. The Kier molecular flexibility index (Phi) is 5.73. The molecule has 0 spiro atoms. The van der Waals surface area contributed by atoms with Crippen LogP contribution in [0.25, 0.3) is 4.83 Å². The standard InChI is InChI=1S/C22H31N5OS/c1-5-28-15-22(9-8-19-25-27-16-23-13-20(27)29-19)10-11-26(14-22)21(3,4)18-7-6-17(2)24-12-18/h6-7,12-13,16H,5,8-11,14-15H2,1-4H3/t22-/m0/s1. The van der Waals surface area contributed by atoms with E-state index in [2.05, 4.69) is 52.9 Å². The van der Waals surface area contributed by atoms with Gasteiger partial charge in [-0.3, -0.25) is 9.88 Å². The van der Waals surface area contributed by atoms with Crippen molar-refractivity contribution in [1.29, 1.82) is 0 Å². The first kappa shape index (κ1) is 20.4. The molecule has 1 atom stereocenters. The lowest BCUT2D eigenvalue weighted by Gasteiger charge is -2.38. The molecule has 1 aliphatic rings. The minimum Gasteiger partial charge on any atom is -0.381 e. The number of pyridine rings is 1. The van der Waals surface area contributed by atoms with Crippen LogP contribution in [0, 0.1) is 12.3 Å². The lowest BCUT2D eigenvalue weighted by Crippen LogP contribution is -2.42. The van der Waals surface area contributed by atoms with Gasteiger partial charge in [-0.2, -0.15) is 5.10 Å². The molecule has 29 heavy (non-hydrogen) atoms. The lowest BCUT2D eigenvalue weighted by atomic mass is 9.83. The largest absolute Gasteiger partial charge is 0.381 e. The number of hydrogen-bond acceptors (Lipinski definition) is 6. The zero-order valence-corrected chi connectivity index (χ0v) is 18.7. The monoisotopic (exact) mass is 413 g/mol. The van der Waals surface area contributed by atoms with Crippen LogP contribution in [0.1, 0.15) is 49.9 Å². The van der Waals surface area contributed by atoms with Gasteiger partial charge in [0.25, 0.3) is 0 Å². The fourth-order valence-corrected chi connectivity index (χ4v) is 5.17. The fraction of sp³-hybridized carbons (Fsp3) is 0.591. The number of aryl methyl sites for hydroxylation is 2. The Morgan fingerprint density at radius 2 is 2.14 bits per heavy atom. The van der Waals surface area contributed by atoms with E-state index in [1.54, 1.807) is 17.7 Å². The second kappa shape index (κ2) is 8.13. The van der Waals surface area contributed by atoms with Crippen LogP contribution in [0.2, 0.25) is 0 Å². The molecule has 0 aromatic carbocycles. The molecule has 1 aliphatic heterocycles. The number of hydrogen-bond donors (Lipinski definition) is 0. The highest BCUT2D eigenvalue weighted by Crippen LogP contribution is 2.41. The van der Waals surface area contributed by atoms with Gasteiger partial charge >= 0.3 is 0 Å². The van der Waals surface area contributed by atoms with E-state index in [1.165, 1.54) is 10.6 Å². The SMILES string of the molecule is CCOC[C@@]1(CCc2nn3cncc3s2)CCN(C(C)(C)c2ccc(C)nc2)C1. The van der Waals surface area contributed by atoms with Gasteiger partial charge in [-0.15, -0.1) is 0 Å². The van der Waals surface area contributed by atoms with Crippen LogP contribution >= 0.6 is 11.3 Å². The highest BCUT2D eigenvalue weighted by Gasteiger charge is 2.43. The minimum atomic E-state index is -0.0434. The summed E-state index contributed by atoms with van der Waals surface area (Å²) in [5, 5.41) is 5.86. The second-order valence-electron chi connectivity index (χ2n) is 8.73. The van der Waals surface area contributed by atoms with E-state index < -0.39 is 0 Å². The van der Waals surface area contributed by atoms with Gasteiger partial charge in [0.15, 0.2) is 0 Å². The minimum absolute atomic E-state index is 0.0434. The molecule has 1 fully saturated rings. The van der Waals surface area contributed by atoms with Gasteiger partial charge in [0.1, 0.15) is 16.2 Å². The molecule has 1 saturated heterocycles. The number of aromatic nitrogens is 4. The zero-order chi connectivity index (χ0) is 20.5. The predicted molar refractivity (Wildman–Crippen MR) is 116 cm³/mol. The average Bonchev–Trinajstić information content (AvgIpc) is 3.40. The van der Waals surface area contributed by atoms with E-state index in [9.17, 15) is 0 Å². The number of nitrogens with zero attached hydrogens (tertiary/aromatic N) is 5. The molecule has 0 saturated carbocycles. The lowest BCUT2D eigenvalue weighted by molar-refractivity contribution is 0.0384. The summed E-state index contributed by atoms with van der Waals surface area (Å²) in [7, 11) is 0. The maximum atomic E-state index is 5.96. The van der Waals surface area contributed by atoms with Crippen molar-refractivity contribution in [2.24, 2.45) is 5.41 Å². The van der Waals surface area contributed by atoms with Crippen LogP contribution in [0.3, 0.4) is 0 Å². The molecule has 7 heteroatoms. The first-order chi connectivity index (χ1) is 13.9. The van der Waals surface area contributed by atoms with Crippen molar-refractivity contribution in [3.63, 3.8) is 0 Å². The van der Waals surface area contributed by atoms with Crippen LogP contribution in [0.15, 0.2) is 30.9 Å². The Bertz CT molecular complexity index is 919. The van der Waals surface area contributed by atoms with E-state index in [4.69, 9.17) is 4.74 Å². The van der Waals surface area contributed by atoms with E-state index in [1.807, 2.05) is 23.8 Å². The third kappa shape index (κ3) is 4.22. The van der Waals surface area contributed by atoms with Crippen molar-refractivity contribution in [1.82, 2.24) is 24.5 Å². The molecule has 4 heterocycles. The number of fused-ring (bicyclic) bond motifs is 1. The molecule has 0 radical (unpaired) electrons. The van der Waals surface area contributed by atoms with Crippen molar-refractivity contribution < 1.29 is 4.74 Å². The fourth-order valence-electron chi connectivity index (χ4n) is 4.30. The summed E-state index contributed by atoms with van der Waals surface area (Å²) < 4.78 is 7.84. The number of rotatable bonds is 8. The van der Waals surface area contributed by atoms with Gasteiger partial charge in [-0.25, -0.2) is 9.50 Å². The Morgan fingerprint density at radius 1 is 1.28 bits per heavy atom. The zero-order valence-electron chi connectivity index (χ0n) is 17.9. The summed E-state index contributed by atoms with van der Waals surface area (Å²) in [4.78, 5) is 12.4. The molecule has 4 rings (SSSR count). The van der Waals surface area contributed by atoms with Crippen LogP contribution in [-0.4, -0.2) is 50.8 Å². The smallest absolute Gasteiger partial charge is 0.139 e. The summed E-state index contributed by atoms with van der Waals surface area (Å²) in [5.74, 6) is 0. The Balaban J connectivity index is 1.49. The van der Waals surface area contributed by atoms with E-state index in [0.29, 0.717) is 0 Å². The van der Waals surface area contributed by atoms with Crippen molar-refractivity contribution in [3.8, 4) is 0 Å². The molecular formula is C22H31N5OS. The first-order valence-electron chi connectivity index (χ1n) is 10.5. The average molecular weight is 414 g/mol. The van der Waals surface area contributed by atoms with Gasteiger partial charge in [0, 0.05) is 42.4 Å². The number of imidazole rings is 1. The molecule has 3 aromatic rings. The summed E-state index contributed by atoms with van der Waals surface area (Å²) in [6, 6.07) is 4.33. The topological polar surface area (TPSA) is 55.6 Å². The van der Waals surface area contributed by atoms with Crippen LogP contribution in [-0.2, 0) is 16.7 Å². The van der Waals surface area contributed by atoms with E-state index >= 15 is 0 Å². The Labute approximate surface area is 176 Å². The number of likely N-dealkylation sites (tertiary alicyclic amines) is 1. The number of ether oxygens (including phenoxy) is 1. The van der Waals surface area contributed by atoms with Crippen LogP contribution < -0.4 is 0 Å². The van der Waals surface area contributed by atoms with Crippen molar-refractivity contribution in [3.05, 3.63) is 47.1 Å². The molecule has 0 amide bonds. The molecule has 0 aliphatic carbocycles. The van der Waals surface area contributed by atoms with Crippen LogP contribution in [0.5, 0.6) is 0 Å². The summed E-state index contributed by atoms with van der Waals surface area (Å²) in [5.41, 5.74) is 2.47. The Hall–Kier alpha value is -1.83. The van der Waals surface area contributed by atoms with Crippen molar-refractivity contribution in [2.45, 2.75) is 52.5 Å². The normalized spacial score (nSPS) is 20.7. The molecule has 0 N–H and O–H groups in total. The van der Waals surface area contributed by atoms with Gasteiger partial charge in [0.2, 0.25) is 0 Å². The van der Waals surface area contributed by atoms with Crippen molar-refractivity contribution in [2.75, 3.05) is 26.3 Å². The quantitative estimate of drug-likeness (QED) is 0.557. The second-order valence-corrected chi connectivity index (χ2v) is 9.82. The highest BCUT2D eigenvalue weighted by molar-refractivity contribution is 7.17. The van der Waals surface area contributed by atoms with Gasteiger partial charge in [-0.1, -0.05) is 17.4 Å². The van der Waals surface area contributed by atoms with Gasteiger partial charge in [0.05, 0.1) is 12.8 Å². The molecule has 156 valence electrons. The summed E-state index contributed by atoms with van der Waals surface area (Å²) in [6.45, 7) is 12.4. The summed E-state index contributed by atoms with van der Waals surface area (Å²) in [6.07, 6.45) is 8.93. The third-order valence-electron chi connectivity index (χ3n) is 6.36. The van der Waals surface area contributed by atoms with Gasteiger partial charge < -0.3 is 4.74 Å². The van der Waals surface area contributed by atoms with Crippen LogP contribution in [0.4, 0.5) is 0 Å². The summed E-state index contributed by atoms with van der Waals surface area (Å²) >= 11 is 1.74. The maximum absolute atomic E-state index is 5.96. The highest BCUT2D eigenvalue weighted by atomic mass is 32.1. The first-order valence-corrected chi connectivity index (χ1v) is 11.3. The third-order valence-corrected chi connectivity index (χ3v) is 7.38. The van der Waals surface area contributed by atoms with E-state index in [-0.39, 0.29) is 11.0 Å². The van der Waals surface area contributed by atoms with Crippen molar-refractivity contribution >= 4 is 16.2 Å². The van der Waals surface area contributed by atoms with E-state index in [0.717, 1.165) is 56.1 Å². The molecule has 3 aromatic heterocycles. The van der Waals surface area contributed by atoms with Gasteiger partial charge in [-0.05, 0) is 58.7 Å². The molecule has 6 nitrogen and oxygen atoms in total. The molecule has 0 unspecified atom stereocenters. The maximum Gasteiger partial charge on any atom is 0.139 e. The predicted octanol–water partition coefficient (Wildman–Crippen LogP) is 4.09.